The fraction of sp³-hybridized carbons (Fsp3) is 0. The van der Waals surface area contributed by atoms with Crippen LogP contribution in [0.2, 0.25) is 0 Å². The molecule has 3 aromatic rings. The van der Waals surface area contributed by atoms with Crippen molar-refractivity contribution in [2.45, 2.75) is 0 Å². The Morgan fingerprint density at radius 1 is 0.950 bits per heavy atom. The van der Waals surface area contributed by atoms with Crippen molar-refractivity contribution in [1.82, 2.24) is 15.0 Å². The van der Waals surface area contributed by atoms with Crippen LogP contribution in [0.1, 0.15) is 9.67 Å². The Labute approximate surface area is 118 Å². The smallest absolute Gasteiger partial charge is 0.348 e. The van der Waals surface area contributed by atoms with Gasteiger partial charge in [0.25, 0.3) is 0 Å². The predicted octanol–water partition coefficient (Wildman–Crippen LogP) is 2.97. The molecule has 0 radical (unpaired) electrons. The molecule has 98 valence electrons. The zero-order valence-corrected chi connectivity index (χ0v) is 11.0. The Morgan fingerprint density at radius 2 is 1.50 bits per heavy atom. The minimum Gasteiger partial charge on any atom is -0.477 e. The van der Waals surface area contributed by atoms with Crippen LogP contribution in [-0.4, -0.2) is 26.0 Å². The van der Waals surface area contributed by atoms with Gasteiger partial charge in [0.1, 0.15) is 9.88 Å². The third kappa shape index (κ3) is 2.28. The van der Waals surface area contributed by atoms with E-state index in [2.05, 4.69) is 15.0 Å². The summed E-state index contributed by atoms with van der Waals surface area (Å²) in [7, 11) is 0. The van der Waals surface area contributed by atoms with Crippen LogP contribution in [0.5, 0.6) is 0 Å². The number of pyridine rings is 2. The number of hydrogen-bond donors (Lipinski definition) is 1. The molecule has 3 heterocycles. The molecule has 0 bridgehead atoms. The molecule has 0 aliphatic carbocycles. The molecule has 1 N–H and O–H groups in total. The molecule has 5 nitrogen and oxygen atoms in total. The van der Waals surface area contributed by atoms with E-state index in [1.807, 2.05) is 0 Å². The summed E-state index contributed by atoms with van der Waals surface area (Å²) in [6.45, 7) is 0. The standard InChI is InChI=1S/C14H9N3O2S/c18-14(19)12-11(9-1-5-15-6-2-9)17-13(20-12)10-3-7-16-8-4-10/h1-8H,(H,18,19). The number of thiazole rings is 1. The van der Waals surface area contributed by atoms with E-state index in [1.54, 1.807) is 49.1 Å². The minimum absolute atomic E-state index is 0.225. The maximum atomic E-state index is 11.4. The van der Waals surface area contributed by atoms with E-state index in [1.165, 1.54) is 0 Å². The van der Waals surface area contributed by atoms with Gasteiger partial charge in [-0.1, -0.05) is 0 Å². The van der Waals surface area contributed by atoms with E-state index in [9.17, 15) is 9.90 Å². The summed E-state index contributed by atoms with van der Waals surface area (Å²) in [6.07, 6.45) is 6.55. The molecule has 0 atom stereocenters. The molecule has 6 heteroatoms. The van der Waals surface area contributed by atoms with Crippen LogP contribution in [0.25, 0.3) is 21.8 Å². The van der Waals surface area contributed by atoms with Crippen LogP contribution >= 0.6 is 11.3 Å². The summed E-state index contributed by atoms with van der Waals surface area (Å²) in [5.41, 5.74) is 2.07. The van der Waals surface area contributed by atoms with E-state index < -0.39 is 5.97 Å². The Kier molecular flexibility index (Phi) is 3.22. The van der Waals surface area contributed by atoms with E-state index in [0.717, 1.165) is 22.5 Å². The molecule has 0 aromatic carbocycles. The first-order valence-corrected chi connectivity index (χ1v) is 6.62. The van der Waals surface area contributed by atoms with Gasteiger partial charge in [-0.3, -0.25) is 9.97 Å². The minimum atomic E-state index is -0.977. The summed E-state index contributed by atoms with van der Waals surface area (Å²) in [5.74, 6) is -0.977. The van der Waals surface area contributed by atoms with Gasteiger partial charge in [-0.25, -0.2) is 9.78 Å². The van der Waals surface area contributed by atoms with Gasteiger partial charge in [0.15, 0.2) is 0 Å². The molecule has 0 aliphatic heterocycles. The van der Waals surface area contributed by atoms with E-state index in [-0.39, 0.29) is 4.88 Å². The van der Waals surface area contributed by atoms with Gasteiger partial charge >= 0.3 is 5.97 Å². The first kappa shape index (κ1) is 12.4. The van der Waals surface area contributed by atoms with Crippen LogP contribution in [-0.2, 0) is 0 Å². The fourth-order valence-corrected chi connectivity index (χ4v) is 2.72. The van der Waals surface area contributed by atoms with Crippen LogP contribution in [0.3, 0.4) is 0 Å². The van der Waals surface area contributed by atoms with Crippen molar-refractivity contribution in [2.75, 3.05) is 0 Å². The van der Waals surface area contributed by atoms with Crippen molar-refractivity contribution < 1.29 is 9.90 Å². The molecule has 0 amide bonds. The van der Waals surface area contributed by atoms with Gasteiger partial charge in [-0.2, -0.15) is 0 Å². The molecule has 0 unspecified atom stereocenters. The van der Waals surface area contributed by atoms with Crippen molar-refractivity contribution in [2.24, 2.45) is 0 Å². The van der Waals surface area contributed by atoms with Crippen LogP contribution in [0, 0.1) is 0 Å². The number of carboxylic acids is 1. The Morgan fingerprint density at radius 3 is 2.05 bits per heavy atom. The lowest BCUT2D eigenvalue weighted by molar-refractivity contribution is 0.0702. The average molecular weight is 283 g/mol. The zero-order chi connectivity index (χ0) is 13.9. The number of hydrogen-bond acceptors (Lipinski definition) is 5. The topological polar surface area (TPSA) is 76.0 Å². The monoisotopic (exact) mass is 283 g/mol. The second-order valence-electron chi connectivity index (χ2n) is 3.97. The molecular formula is C14H9N3O2S. The summed E-state index contributed by atoms with van der Waals surface area (Å²) >= 11 is 1.16. The molecule has 0 saturated heterocycles. The molecule has 0 saturated carbocycles. The highest BCUT2D eigenvalue weighted by molar-refractivity contribution is 7.17. The predicted molar refractivity (Wildman–Crippen MR) is 75.5 cm³/mol. The normalized spacial score (nSPS) is 10.4. The number of rotatable bonds is 3. The maximum Gasteiger partial charge on any atom is 0.348 e. The van der Waals surface area contributed by atoms with Crippen LogP contribution < -0.4 is 0 Å². The van der Waals surface area contributed by atoms with E-state index >= 15 is 0 Å². The zero-order valence-electron chi connectivity index (χ0n) is 10.2. The van der Waals surface area contributed by atoms with Gasteiger partial charge in [-0.05, 0) is 24.3 Å². The van der Waals surface area contributed by atoms with Gasteiger partial charge in [0, 0.05) is 35.9 Å². The highest BCUT2D eigenvalue weighted by Gasteiger charge is 2.19. The Bertz CT molecular complexity index is 742. The highest BCUT2D eigenvalue weighted by Crippen LogP contribution is 2.33. The SMILES string of the molecule is O=C(O)c1sc(-c2ccncc2)nc1-c1ccncc1. The van der Waals surface area contributed by atoms with Crippen molar-refractivity contribution >= 4 is 17.3 Å². The van der Waals surface area contributed by atoms with Gasteiger partial charge in [-0.15, -0.1) is 11.3 Å². The quantitative estimate of drug-likeness (QED) is 0.799. The number of nitrogens with zero attached hydrogens (tertiary/aromatic N) is 3. The van der Waals surface area contributed by atoms with Crippen molar-refractivity contribution in [3.63, 3.8) is 0 Å². The van der Waals surface area contributed by atoms with Crippen molar-refractivity contribution in [1.29, 1.82) is 0 Å². The first-order valence-electron chi connectivity index (χ1n) is 5.80. The molecule has 3 aromatic heterocycles. The highest BCUT2D eigenvalue weighted by atomic mass is 32.1. The third-order valence-corrected chi connectivity index (χ3v) is 3.79. The van der Waals surface area contributed by atoms with Crippen molar-refractivity contribution in [3.8, 4) is 21.8 Å². The Hall–Kier alpha value is -2.60. The van der Waals surface area contributed by atoms with E-state index in [0.29, 0.717) is 10.7 Å². The molecule has 0 spiro atoms. The second-order valence-corrected chi connectivity index (χ2v) is 4.97. The second kappa shape index (κ2) is 5.18. The summed E-state index contributed by atoms with van der Waals surface area (Å²) < 4.78 is 0. The van der Waals surface area contributed by atoms with Crippen molar-refractivity contribution in [3.05, 3.63) is 53.9 Å². The van der Waals surface area contributed by atoms with E-state index in [4.69, 9.17) is 0 Å². The molecule has 20 heavy (non-hydrogen) atoms. The van der Waals surface area contributed by atoms with Gasteiger partial charge < -0.3 is 5.11 Å². The lowest BCUT2D eigenvalue weighted by Gasteiger charge is -1.97. The molecule has 0 aliphatic rings. The number of aromatic nitrogens is 3. The maximum absolute atomic E-state index is 11.4. The number of carboxylic acid groups (broad SMARTS) is 1. The lowest BCUT2D eigenvalue weighted by Crippen LogP contribution is -1.95. The fourth-order valence-electron chi connectivity index (χ4n) is 1.79. The van der Waals surface area contributed by atoms with Gasteiger partial charge in [0.05, 0.1) is 5.69 Å². The lowest BCUT2D eigenvalue weighted by atomic mass is 10.2. The molecule has 0 fully saturated rings. The molecule has 3 rings (SSSR count). The van der Waals surface area contributed by atoms with Crippen LogP contribution in [0.4, 0.5) is 0 Å². The Balaban J connectivity index is 2.15. The van der Waals surface area contributed by atoms with Gasteiger partial charge in [0.2, 0.25) is 0 Å². The number of aromatic carboxylic acids is 1. The summed E-state index contributed by atoms with van der Waals surface area (Å²) in [5, 5.41) is 9.99. The summed E-state index contributed by atoms with van der Waals surface area (Å²) in [6, 6.07) is 7.11. The first-order chi connectivity index (χ1) is 9.75. The summed E-state index contributed by atoms with van der Waals surface area (Å²) in [4.78, 5) is 23.9. The molecular weight excluding hydrogens is 274 g/mol. The van der Waals surface area contributed by atoms with Crippen LogP contribution in [0.15, 0.2) is 49.1 Å². The third-order valence-electron chi connectivity index (χ3n) is 2.70. The average Bonchev–Trinajstić information content (AvgIpc) is 2.94. The number of carbonyl (C=O) groups is 1. The largest absolute Gasteiger partial charge is 0.477 e.